The summed E-state index contributed by atoms with van der Waals surface area (Å²) in [6.45, 7) is -0.479. The fourth-order valence-electron chi connectivity index (χ4n) is 2.94. The summed E-state index contributed by atoms with van der Waals surface area (Å²) < 4.78 is 10.0. The number of hydrogen-bond acceptors (Lipinski definition) is 9. The first-order chi connectivity index (χ1) is 16.7. The fraction of sp³-hybridized carbons (Fsp3) is 0.0870. The van der Waals surface area contributed by atoms with Crippen molar-refractivity contribution in [2.75, 3.05) is 19.0 Å². The molecule has 3 aromatic rings. The van der Waals surface area contributed by atoms with Crippen LogP contribution in [0, 0.1) is 20.2 Å². The number of anilines is 1. The molecule has 0 saturated heterocycles. The Balaban J connectivity index is 1.63. The van der Waals surface area contributed by atoms with Crippen molar-refractivity contribution in [1.29, 1.82) is 0 Å². The van der Waals surface area contributed by atoms with Gasteiger partial charge in [0, 0.05) is 17.3 Å². The molecule has 0 aliphatic rings. The molecule has 3 aromatic carbocycles. The zero-order chi connectivity index (χ0) is 25.5. The number of rotatable bonds is 9. The molecule has 0 unspecified atom stereocenters. The topological polar surface area (TPSA) is 168 Å². The highest BCUT2D eigenvalue weighted by molar-refractivity contribution is 6.07. The third kappa shape index (κ3) is 6.01. The van der Waals surface area contributed by atoms with E-state index in [1.54, 1.807) is 24.3 Å². The van der Waals surface area contributed by atoms with E-state index in [9.17, 15) is 34.6 Å². The Hall–Kier alpha value is -5.13. The van der Waals surface area contributed by atoms with Gasteiger partial charge in [-0.05, 0) is 54.6 Å². The van der Waals surface area contributed by atoms with Crippen molar-refractivity contribution in [3.8, 4) is 5.75 Å². The van der Waals surface area contributed by atoms with E-state index in [0.29, 0.717) is 17.4 Å². The van der Waals surface area contributed by atoms with E-state index in [-0.39, 0.29) is 16.8 Å². The zero-order valence-corrected chi connectivity index (χ0v) is 18.1. The summed E-state index contributed by atoms with van der Waals surface area (Å²) in [5.74, 6) is -1.47. The van der Waals surface area contributed by atoms with Gasteiger partial charge in [0.25, 0.3) is 17.3 Å². The molecule has 0 aromatic heterocycles. The van der Waals surface area contributed by atoms with E-state index < -0.39 is 45.5 Å². The smallest absolute Gasteiger partial charge is 0.338 e. The number of ketones is 1. The third-order valence-electron chi connectivity index (χ3n) is 4.76. The minimum absolute atomic E-state index is 0.104. The lowest BCUT2D eigenvalue weighted by Crippen LogP contribution is -2.15. The number of Topliss-reactive ketones (excluding diaryl/α,β-unsaturated/α-hetero) is 1. The molecule has 0 atom stereocenters. The summed E-state index contributed by atoms with van der Waals surface area (Å²) in [4.78, 5) is 57.2. The number of nitrogens with zero attached hydrogens (tertiary/aromatic N) is 2. The van der Waals surface area contributed by atoms with Gasteiger partial charge in [0.05, 0.1) is 28.6 Å². The molecule has 0 heterocycles. The van der Waals surface area contributed by atoms with Crippen molar-refractivity contribution in [2.24, 2.45) is 0 Å². The van der Waals surface area contributed by atoms with Gasteiger partial charge >= 0.3 is 5.97 Å². The molecule has 0 saturated carbocycles. The largest absolute Gasteiger partial charge is 0.497 e. The number of non-ortho nitro benzene ring substituents is 1. The highest BCUT2D eigenvalue weighted by atomic mass is 16.6. The molecule has 12 heteroatoms. The van der Waals surface area contributed by atoms with Crippen molar-refractivity contribution in [2.45, 2.75) is 0 Å². The first-order valence-corrected chi connectivity index (χ1v) is 9.88. The molecule has 3 rings (SSSR count). The Morgan fingerprint density at radius 2 is 1.49 bits per heavy atom. The number of benzene rings is 3. The molecule has 1 N–H and O–H groups in total. The Morgan fingerprint density at radius 1 is 0.857 bits per heavy atom. The van der Waals surface area contributed by atoms with Crippen LogP contribution in [0.1, 0.15) is 31.1 Å². The molecule has 0 aliphatic carbocycles. The number of methoxy groups -OCH3 is 1. The van der Waals surface area contributed by atoms with Crippen LogP contribution in [0.15, 0.2) is 66.7 Å². The quantitative estimate of drug-likeness (QED) is 0.208. The number of hydrogen-bond donors (Lipinski definition) is 1. The molecule has 0 aliphatic heterocycles. The van der Waals surface area contributed by atoms with Gasteiger partial charge in [-0.3, -0.25) is 29.8 Å². The van der Waals surface area contributed by atoms with Crippen molar-refractivity contribution >= 4 is 34.7 Å². The van der Waals surface area contributed by atoms with Crippen molar-refractivity contribution in [1.82, 2.24) is 0 Å². The van der Waals surface area contributed by atoms with Gasteiger partial charge in [-0.2, -0.15) is 0 Å². The van der Waals surface area contributed by atoms with Crippen molar-refractivity contribution in [3.05, 3.63) is 104 Å². The lowest BCUT2D eigenvalue weighted by molar-refractivity contribution is -0.394. The fourth-order valence-corrected chi connectivity index (χ4v) is 2.94. The van der Waals surface area contributed by atoms with Crippen LogP contribution in [0.4, 0.5) is 17.1 Å². The van der Waals surface area contributed by atoms with E-state index in [2.05, 4.69) is 5.32 Å². The molecule has 0 bridgehead atoms. The average molecular weight is 479 g/mol. The zero-order valence-electron chi connectivity index (χ0n) is 18.1. The lowest BCUT2D eigenvalue weighted by Gasteiger charge is -2.08. The van der Waals surface area contributed by atoms with Crippen LogP contribution < -0.4 is 10.1 Å². The molecule has 0 radical (unpaired) electrons. The molecular formula is C23H17N3O9. The highest BCUT2D eigenvalue weighted by Crippen LogP contribution is 2.25. The monoisotopic (exact) mass is 479 g/mol. The van der Waals surface area contributed by atoms with E-state index in [1.165, 1.54) is 31.4 Å². The van der Waals surface area contributed by atoms with Gasteiger partial charge < -0.3 is 14.8 Å². The summed E-state index contributed by atoms with van der Waals surface area (Å²) in [6, 6.07) is 14.3. The summed E-state index contributed by atoms with van der Waals surface area (Å²) >= 11 is 0. The SMILES string of the molecule is COc1ccc(C(=O)COC(=O)c2ccc(NC(=O)c3ccc([N+](=O)[O-])cc3[N+](=O)[O-])cc2)cc1. The van der Waals surface area contributed by atoms with Gasteiger partial charge in [0.1, 0.15) is 11.3 Å². The summed E-state index contributed by atoms with van der Waals surface area (Å²) in [5.41, 5.74) is -0.974. The molecule has 0 fully saturated rings. The first kappa shape index (κ1) is 24.5. The first-order valence-electron chi connectivity index (χ1n) is 9.88. The maximum Gasteiger partial charge on any atom is 0.338 e. The number of nitro groups is 2. The number of esters is 1. The van der Waals surface area contributed by atoms with Crippen molar-refractivity contribution in [3.63, 3.8) is 0 Å². The van der Waals surface area contributed by atoms with Gasteiger partial charge in [-0.25, -0.2) is 4.79 Å². The third-order valence-corrected chi connectivity index (χ3v) is 4.76. The van der Waals surface area contributed by atoms with Crippen LogP contribution in [-0.2, 0) is 4.74 Å². The van der Waals surface area contributed by atoms with Gasteiger partial charge in [0.15, 0.2) is 12.4 Å². The molecule has 12 nitrogen and oxygen atoms in total. The minimum atomic E-state index is -0.895. The second-order valence-electron chi connectivity index (χ2n) is 6.97. The summed E-state index contributed by atoms with van der Waals surface area (Å²) in [6.07, 6.45) is 0. The van der Waals surface area contributed by atoms with E-state index in [0.717, 1.165) is 12.1 Å². The second-order valence-corrected chi connectivity index (χ2v) is 6.97. The minimum Gasteiger partial charge on any atom is -0.497 e. The lowest BCUT2D eigenvalue weighted by atomic mass is 10.1. The maximum atomic E-state index is 12.5. The molecule has 0 spiro atoms. The standard InChI is InChI=1S/C23H17N3O9/c1-34-18-9-4-14(5-10-18)21(27)13-35-23(29)15-2-6-16(7-3-15)24-22(28)19-11-8-17(25(30)31)12-20(19)26(32)33/h2-12H,13H2,1H3,(H,24,28). The molecule has 35 heavy (non-hydrogen) atoms. The maximum absolute atomic E-state index is 12.5. The van der Waals surface area contributed by atoms with E-state index >= 15 is 0 Å². The van der Waals surface area contributed by atoms with Crippen LogP contribution >= 0.6 is 0 Å². The van der Waals surface area contributed by atoms with Crippen LogP contribution in [0.2, 0.25) is 0 Å². The normalized spacial score (nSPS) is 10.2. The number of nitrogens with one attached hydrogen (secondary N) is 1. The number of ether oxygens (including phenoxy) is 2. The van der Waals surface area contributed by atoms with Crippen LogP contribution in [0.25, 0.3) is 0 Å². The number of amides is 1. The second kappa shape index (κ2) is 10.7. The Kier molecular flexibility index (Phi) is 7.46. The van der Waals surface area contributed by atoms with Crippen LogP contribution in [0.3, 0.4) is 0 Å². The average Bonchev–Trinajstić information content (AvgIpc) is 2.87. The van der Waals surface area contributed by atoms with Crippen LogP contribution in [0.5, 0.6) is 5.75 Å². The molecular weight excluding hydrogens is 462 g/mol. The number of nitro benzene ring substituents is 2. The highest BCUT2D eigenvalue weighted by Gasteiger charge is 2.24. The predicted molar refractivity (Wildman–Crippen MR) is 122 cm³/mol. The Morgan fingerprint density at radius 3 is 2.06 bits per heavy atom. The Labute approximate surface area is 197 Å². The molecule has 1 amide bonds. The summed E-state index contributed by atoms with van der Waals surface area (Å²) in [7, 11) is 1.49. The van der Waals surface area contributed by atoms with Crippen LogP contribution in [-0.4, -0.2) is 41.2 Å². The number of carbonyl (C=O) groups is 3. The molecule has 178 valence electrons. The van der Waals surface area contributed by atoms with E-state index in [1.807, 2.05) is 0 Å². The van der Waals surface area contributed by atoms with Gasteiger partial charge in [-0.1, -0.05) is 0 Å². The number of carbonyl (C=O) groups excluding carboxylic acids is 3. The Bertz CT molecular complexity index is 1300. The van der Waals surface area contributed by atoms with Crippen molar-refractivity contribution < 1.29 is 33.7 Å². The predicted octanol–water partition coefficient (Wildman–Crippen LogP) is 3.80. The van der Waals surface area contributed by atoms with E-state index in [4.69, 9.17) is 9.47 Å². The van der Waals surface area contributed by atoms with Gasteiger partial charge in [0.2, 0.25) is 0 Å². The van der Waals surface area contributed by atoms with Gasteiger partial charge in [-0.15, -0.1) is 0 Å². The summed E-state index contributed by atoms with van der Waals surface area (Å²) in [5, 5.41) is 24.5.